The molecule has 0 bridgehead atoms. The van der Waals surface area contributed by atoms with E-state index in [1.807, 2.05) is 18.2 Å². The molecule has 0 spiro atoms. The zero-order valence-electron chi connectivity index (χ0n) is 14.2. The monoisotopic (exact) mass is 339 g/mol. The summed E-state index contributed by atoms with van der Waals surface area (Å²) in [7, 11) is 0. The van der Waals surface area contributed by atoms with Gasteiger partial charge in [0.05, 0.1) is 16.9 Å². The van der Waals surface area contributed by atoms with Gasteiger partial charge in [0.2, 0.25) is 0 Å². The van der Waals surface area contributed by atoms with Crippen LogP contribution in [-0.2, 0) is 13.0 Å². The number of nitrogens with zero attached hydrogens (tertiary/aromatic N) is 3. The lowest BCUT2D eigenvalue weighted by atomic mass is 9.98. The first kappa shape index (κ1) is 16.0. The van der Waals surface area contributed by atoms with E-state index < -0.39 is 0 Å². The third kappa shape index (κ3) is 2.96. The molecule has 0 radical (unpaired) electrons. The predicted molar refractivity (Wildman–Crippen MR) is 101 cm³/mol. The molecule has 4 nitrogen and oxygen atoms in total. The lowest BCUT2D eigenvalue weighted by molar-refractivity contribution is 0.112. The van der Waals surface area contributed by atoms with Crippen LogP contribution in [0.1, 0.15) is 27.0 Å². The fourth-order valence-corrected chi connectivity index (χ4v) is 3.44. The van der Waals surface area contributed by atoms with Crippen LogP contribution >= 0.6 is 0 Å². The molecule has 3 aromatic rings. The Kier molecular flexibility index (Phi) is 4.20. The maximum absolute atomic E-state index is 11.0. The summed E-state index contributed by atoms with van der Waals surface area (Å²) in [5, 5.41) is 9.66. The molecule has 0 saturated heterocycles. The average Bonchev–Trinajstić information content (AvgIpc) is 2.73. The number of fused-ring (bicyclic) bond motifs is 1. The molecule has 1 aliphatic heterocycles. The van der Waals surface area contributed by atoms with Gasteiger partial charge in [-0.15, -0.1) is 0 Å². The number of rotatable bonds is 3. The molecule has 126 valence electrons. The Morgan fingerprint density at radius 1 is 1.08 bits per heavy atom. The number of hydrogen-bond donors (Lipinski definition) is 0. The minimum atomic E-state index is 0.574. The topological polar surface area (TPSA) is 57.0 Å². The zero-order valence-corrected chi connectivity index (χ0v) is 14.2. The van der Waals surface area contributed by atoms with E-state index in [0.29, 0.717) is 16.8 Å². The maximum Gasteiger partial charge on any atom is 0.150 e. The van der Waals surface area contributed by atoms with Crippen LogP contribution in [0.2, 0.25) is 0 Å². The van der Waals surface area contributed by atoms with Crippen molar-refractivity contribution < 1.29 is 4.79 Å². The van der Waals surface area contributed by atoms with Crippen LogP contribution in [0.3, 0.4) is 0 Å². The van der Waals surface area contributed by atoms with Gasteiger partial charge in [-0.05, 0) is 41.8 Å². The molecule has 0 atom stereocenters. The number of benzene rings is 2. The smallest absolute Gasteiger partial charge is 0.150 e. The van der Waals surface area contributed by atoms with Gasteiger partial charge in [0.1, 0.15) is 12.4 Å². The molecule has 26 heavy (non-hydrogen) atoms. The summed E-state index contributed by atoms with van der Waals surface area (Å²) >= 11 is 0. The molecule has 0 aliphatic carbocycles. The molecule has 2 heterocycles. The molecule has 1 aromatic heterocycles. The van der Waals surface area contributed by atoms with E-state index in [-0.39, 0.29) is 0 Å². The summed E-state index contributed by atoms with van der Waals surface area (Å²) in [6.07, 6.45) is 3.39. The third-order valence-electron chi connectivity index (χ3n) is 4.80. The molecule has 0 saturated carbocycles. The lowest BCUT2D eigenvalue weighted by Crippen LogP contribution is -2.30. The average molecular weight is 339 g/mol. The van der Waals surface area contributed by atoms with Gasteiger partial charge in [0.25, 0.3) is 0 Å². The first-order valence-corrected chi connectivity index (χ1v) is 8.56. The van der Waals surface area contributed by atoms with Crippen LogP contribution in [-0.4, -0.2) is 17.8 Å². The van der Waals surface area contributed by atoms with Crippen LogP contribution in [0.15, 0.2) is 60.8 Å². The Bertz CT molecular complexity index is 1020. The summed E-state index contributed by atoms with van der Waals surface area (Å²) in [4.78, 5) is 17.6. The predicted octanol–water partition coefficient (Wildman–Crippen LogP) is 4.00. The normalized spacial score (nSPS) is 13.0. The van der Waals surface area contributed by atoms with Crippen molar-refractivity contribution >= 4 is 12.0 Å². The van der Waals surface area contributed by atoms with Gasteiger partial charge < -0.3 is 4.90 Å². The highest BCUT2D eigenvalue weighted by Crippen LogP contribution is 2.30. The first-order valence-electron chi connectivity index (χ1n) is 8.56. The molecule has 4 rings (SSSR count). The summed E-state index contributed by atoms with van der Waals surface area (Å²) < 4.78 is 0. The largest absolute Gasteiger partial charge is 0.366 e. The SMILES string of the molecule is N#Cc1cc(-c2cc(C=O)ccn2)ccc1N1CCc2ccccc2C1. The van der Waals surface area contributed by atoms with Crippen molar-refractivity contribution in [2.45, 2.75) is 13.0 Å². The van der Waals surface area contributed by atoms with Gasteiger partial charge in [-0.3, -0.25) is 9.78 Å². The van der Waals surface area contributed by atoms with E-state index >= 15 is 0 Å². The van der Waals surface area contributed by atoms with E-state index in [9.17, 15) is 10.1 Å². The standard InChI is InChI=1S/C22H17N3O/c23-13-20-12-18(21-11-16(15-26)7-9-24-21)5-6-22(20)25-10-8-17-3-1-2-4-19(17)14-25/h1-7,9,11-12,15H,8,10,14H2. The maximum atomic E-state index is 11.0. The van der Waals surface area contributed by atoms with Crippen LogP contribution < -0.4 is 4.90 Å². The van der Waals surface area contributed by atoms with Gasteiger partial charge in [-0.2, -0.15) is 5.26 Å². The number of pyridine rings is 1. The summed E-state index contributed by atoms with van der Waals surface area (Å²) in [5.41, 5.74) is 6.37. The van der Waals surface area contributed by atoms with Gasteiger partial charge >= 0.3 is 0 Å². The summed E-state index contributed by atoms with van der Waals surface area (Å²) in [6, 6.07) is 20.0. The number of aldehydes is 1. The molecule has 0 fully saturated rings. The second-order valence-electron chi connectivity index (χ2n) is 6.38. The van der Waals surface area contributed by atoms with Crippen molar-refractivity contribution in [1.29, 1.82) is 5.26 Å². The third-order valence-corrected chi connectivity index (χ3v) is 4.80. The van der Waals surface area contributed by atoms with Crippen molar-refractivity contribution in [3.05, 3.63) is 83.0 Å². The zero-order chi connectivity index (χ0) is 17.9. The summed E-state index contributed by atoms with van der Waals surface area (Å²) in [5.74, 6) is 0. The first-order chi connectivity index (χ1) is 12.8. The molecule has 0 unspecified atom stereocenters. The highest BCUT2D eigenvalue weighted by molar-refractivity contribution is 5.78. The Labute approximate surface area is 152 Å². The van der Waals surface area contributed by atoms with Gasteiger partial charge in [-0.25, -0.2) is 0 Å². The van der Waals surface area contributed by atoms with E-state index in [1.54, 1.807) is 18.3 Å². The van der Waals surface area contributed by atoms with Crippen molar-refractivity contribution in [2.24, 2.45) is 0 Å². The molecular formula is C22H17N3O. The number of carbonyl (C=O) groups excluding carboxylic acids is 1. The van der Waals surface area contributed by atoms with Gasteiger partial charge in [0, 0.05) is 30.4 Å². The summed E-state index contributed by atoms with van der Waals surface area (Å²) in [6.45, 7) is 1.70. The fraction of sp³-hybridized carbons (Fsp3) is 0.136. The van der Waals surface area contributed by atoms with Gasteiger partial charge in [0.15, 0.2) is 0 Å². The van der Waals surface area contributed by atoms with E-state index in [2.05, 4.69) is 40.2 Å². The molecule has 2 aromatic carbocycles. The molecule has 0 amide bonds. The Morgan fingerprint density at radius 2 is 1.92 bits per heavy atom. The lowest BCUT2D eigenvalue weighted by Gasteiger charge is -2.31. The van der Waals surface area contributed by atoms with Crippen LogP contribution in [0, 0.1) is 11.3 Å². The van der Waals surface area contributed by atoms with Gasteiger partial charge in [-0.1, -0.05) is 30.3 Å². The second kappa shape index (κ2) is 6.81. The van der Waals surface area contributed by atoms with Crippen molar-refractivity contribution in [1.82, 2.24) is 4.98 Å². The molecular weight excluding hydrogens is 322 g/mol. The Balaban J connectivity index is 1.68. The number of anilines is 1. The highest BCUT2D eigenvalue weighted by Gasteiger charge is 2.19. The number of carbonyl (C=O) groups is 1. The van der Waals surface area contributed by atoms with Crippen LogP contribution in [0.4, 0.5) is 5.69 Å². The minimum absolute atomic E-state index is 0.574. The number of hydrogen-bond acceptors (Lipinski definition) is 4. The quantitative estimate of drug-likeness (QED) is 0.677. The number of aromatic nitrogens is 1. The van der Waals surface area contributed by atoms with E-state index in [1.165, 1.54) is 11.1 Å². The highest BCUT2D eigenvalue weighted by atomic mass is 16.1. The fourth-order valence-electron chi connectivity index (χ4n) is 3.44. The minimum Gasteiger partial charge on any atom is -0.366 e. The second-order valence-corrected chi connectivity index (χ2v) is 6.38. The Hall–Kier alpha value is -3.45. The molecule has 1 aliphatic rings. The van der Waals surface area contributed by atoms with E-state index in [0.717, 1.165) is 37.0 Å². The van der Waals surface area contributed by atoms with Crippen LogP contribution in [0.25, 0.3) is 11.3 Å². The van der Waals surface area contributed by atoms with Crippen molar-refractivity contribution in [3.8, 4) is 17.3 Å². The van der Waals surface area contributed by atoms with Crippen molar-refractivity contribution in [3.63, 3.8) is 0 Å². The molecule has 4 heteroatoms. The molecule has 0 N–H and O–H groups in total. The van der Waals surface area contributed by atoms with Crippen molar-refractivity contribution in [2.75, 3.05) is 11.4 Å². The van der Waals surface area contributed by atoms with Crippen LogP contribution in [0.5, 0.6) is 0 Å². The number of nitriles is 1. The Morgan fingerprint density at radius 3 is 2.73 bits per heavy atom. The van der Waals surface area contributed by atoms with E-state index in [4.69, 9.17) is 0 Å².